The Bertz CT molecular complexity index is 508. The van der Waals surface area contributed by atoms with E-state index in [1.807, 2.05) is 5.38 Å². The molecule has 1 aromatic heterocycles. The summed E-state index contributed by atoms with van der Waals surface area (Å²) in [4.78, 5) is 23.2. The van der Waals surface area contributed by atoms with Gasteiger partial charge in [-0.3, -0.25) is 14.9 Å². The number of ether oxygens (including phenoxy) is 1. The lowest BCUT2D eigenvalue weighted by Gasteiger charge is -1.94. The van der Waals surface area contributed by atoms with Gasteiger partial charge in [-0.1, -0.05) is 8.44 Å². The summed E-state index contributed by atoms with van der Waals surface area (Å²) in [5, 5.41) is 12.6. The van der Waals surface area contributed by atoms with Crippen molar-refractivity contribution in [2.45, 2.75) is 0 Å². The summed E-state index contributed by atoms with van der Waals surface area (Å²) in [7, 11) is 2.11. The molecule has 10 heteroatoms. The van der Waals surface area contributed by atoms with Gasteiger partial charge in [-0.15, -0.1) is 11.3 Å². The van der Waals surface area contributed by atoms with E-state index < -0.39 is 4.92 Å². The summed E-state index contributed by atoms with van der Waals surface area (Å²) in [5.41, 5.74) is 5.15. The number of aromatic nitrogens is 1. The van der Waals surface area contributed by atoms with Crippen LogP contribution in [-0.4, -0.2) is 16.4 Å². The third kappa shape index (κ3) is 7.67. The number of nitrogens with two attached hydrogens (primary N) is 1. The second-order valence-electron chi connectivity index (χ2n) is 2.84. The van der Waals surface area contributed by atoms with E-state index in [9.17, 15) is 14.9 Å². The zero-order chi connectivity index (χ0) is 15.4. The van der Waals surface area contributed by atoms with Crippen LogP contribution in [-0.2, 0) is 4.79 Å². The van der Waals surface area contributed by atoms with Crippen molar-refractivity contribution in [3.63, 3.8) is 0 Å². The maximum absolute atomic E-state index is 10.2. The predicted molar refractivity (Wildman–Crippen MR) is 85.0 cm³/mol. The van der Waals surface area contributed by atoms with Crippen LogP contribution in [0.5, 0.6) is 5.75 Å². The molecule has 2 rings (SSSR count). The third-order valence-corrected chi connectivity index (χ3v) is 2.29. The number of nitrogen functional groups attached to an aromatic ring is 1. The molecule has 0 aliphatic rings. The van der Waals surface area contributed by atoms with E-state index in [-0.39, 0.29) is 17.9 Å². The minimum absolute atomic E-state index is 0.0340. The van der Waals surface area contributed by atoms with Crippen LogP contribution in [0.4, 0.5) is 10.8 Å². The van der Waals surface area contributed by atoms with E-state index in [0.29, 0.717) is 5.13 Å². The summed E-state index contributed by atoms with van der Waals surface area (Å²) in [6.45, 7) is 0.265. The van der Waals surface area contributed by atoms with E-state index >= 15 is 0 Å². The van der Waals surface area contributed by atoms with Crippen molar-refractivity contribution in [3.8, 4) is 5.75 Å². The van der Waals surface area contributed by atoms with E-state index in [0.717, 1.165) is 0 Å². The lowest BCUT2D eigenvalue weighted by molar-refractivity contribution is -0.384. The first-order valence-electron chi connectivity index (χ1n) is 4.89. The van der Waals surface area contributed by atoms with Gasteiger partial charge in [-0.05, 0) is 12.1 Å². The molecule has 0 saturated heterocycles. The van der Waals surface area contributed by atoms with Gasteiger partial charge in [0, 0.05) is 23.7 Å². The number of rotatable bonds is 3. The number of non-ortho nitro benzene ring substituents is 1. The molecule has 0 aliphatic heterocycles. The van der Waals surface area contributed by atoms with E-state index in [4.69, 9.17) is 5.73 Å². The van der Waals surface area contributed by atoms with Crippen molar-refractivity contribution in [1.29, 1.82) is 0 Å². The summed E-state index contributed by atoms with van der Waals surface area (Å²) >= 11 is 4.89. The Morgan fingerprint density at radius 3 is 2.30 bits per heavy atom. The topological polar surface area (TPSA) is 108 Å². The fourth-order valence-corrected chi connectivity index (χ4v) is 1.32. The Labute approximate surface area is 126 Å². The zero-order valence-electron chi connectivity index (χ0n) is 10.1. The summed E-state index contributed by atoms with van der Waals surface area (Å²) in [6, 6.07) is 5.23. The number of anilines is 1. The Morgan fingerprint density at radius 2 is 2.00 bits per heavy atom. The number of thiazole rings is 1. The molecule has 1 atom stereocenters. The second-order valence-corrected chi connectivity index (χ2v) is 3.76. The van der Waals surface area contributed by atoms with Crippen LogP contribution in [0.3, 0.4) is 0 Å². The van der Waals surface area contributed by atoms with Crippen LogP contribution < -0.4 is 10.5 Å². The maximum Gasteiger partial charge on any atom is 0.298 e. The Balaban J connectivity index is 0.000000377. The predicted octanol–water partition coefficient (Wildman–Crippen LogP) is 2.56. The number of hydrogen-bond donors (Lipinski definition) is 2. The van der Waals surface area contributed by atoms with Gasteiger partial charge < -0.3 is 10.5 Å². The van der Waals surface area contributed by atoms with Gasteiger partial charge in [0.15, 0.2) is 5.13 Å². The number of nitro groups is 1. The highest BCUT2D eigenvalue weighted by atomic mass is 32.7. The number of benzene rings is 1. The number of carbonyl (C=O) groups excluding carboxylic acids is 1. The fraction of sp³-hybridized carbons (Fsp3) is 0. The smallest absolute Gasteiger partial charge is 0.298 e. The minimum atomic E-state index is -0.523. The van der Waals surface area contributed by atoms with Gasteiger partial charge in [-0.2, -0.15) is 12.2 Å². The van der Waals surface area contributed by atoms with Gasteiger partial charge in [0.2, 0.25) is 0 Å². The molecule has 2 aromatic rings. The average Bonchev–Trinajstić information content (AvgIpc) is 2.94. The molecule has 0 radical (unpaired) electrons. The molecule has 1 heterocycles. The molecule has 7 nitrogen and oxygen atoms in total. The summed E-state index contributed by atoms with van der Waals surface area (Å²) in [6.07, 6.45) is 1.68. The van der Waals surface area contributed by atoms with Crippen molar-refractivity contribution in [2.75, 3.05) is 5.73 Å². The Hall–Kier alpha value is -1.70. The molecule has 108 valence electrons. The third-order valence-electron chi connectivity index (χ3n) is 1.68. The number of thiol groups is 1. The highest BCUT2D eigenvalue weighted by Gasteiger charge is 2.03. The SMILES string of the molecule is Nc1nccs1.O=COc1ccc([N+](=O)[O-])cc1.PS. The molecular weight excluding hydrogens is 321 g/mol. The van der Waals surface area contributed by atoms with Crippen LogP contribution in [0.25, 0.3) is 0 Å². The largest absolute Gasteiger partial charge is 0.429 e. The van der Waals surface area contributed by atoms with Gasteiger partial charge in [0.1, 0.15) is 5.75 Å². The first kappa shape index (κ1) is 18.3. The lowest BCUT2D eigenvalue weighted by Crippen LogP contribution is -1.90. The van der Waals surface area contributed by atoms with Crippen LogP contribution >= 0.6 is 32.0 Å². The number of nitrogens with zero attached hydrogens (tertiary/aromatic N) is 2. The molecule has 0 saturated carbocycles. The van der Waals surface area contributed by atoms with Crippen molar-refractivity contribution in [3.05, 3.63) is 46.0 Å². The van der Waals surface area contributed by atoms with Crippen LogP contribution in [0.15, 0.2) is 35.8 Å². The molecule has 0 spiro atoms. The lowest BCUT2D eigenvalue weighted by atomic mass is 10.3. The van der Waals surface area contributed by atoms with Crippen molar-refractivity contribution < 1.29 is 14.5 Å². The van der Waals surface area contributed by atoms with Crippen LogP contribution in [0.2, 0.25) is 0 Å². The Kier molecular flexibility index (Phi) is 10.2. The second kappa shape index (κ2) is 11.2. The van der Waals surface area contributed by atoms with E-state index in [1.165, 1.54) is 35.6 Å². The maximum atomic E-state index is 10.2. The van der Waals surface area contributed by atoms with Gasteiger partial charge in [0.05, 0.1) is 4.92 Å². The molecule has 1 unspecified atom stereocenters. The Morgan fingerprint density at radius 1 is 1.40 bits per heavy atom. The van der Waals surface area contributed by atoms with Gasteiger partial charge in [-0.25, -0.2) is 4.98 Å². The molecule has 0 bridgehead atoms. The first-order valence-corrected chi connectivity index (χ1v) is 7.83. The molecule has 1 aromatic carbocycles. The number of hydrogen-bond acceptors (Lipinski definition) is 8. The fourth-order valence-electron chi connectivity index (χ4n) is 0.936. The highest BCUT2D eigenvalue weighted by Crippen LogP contribution is 2.16. The molecular formula is C10H12N3O4PS2. The molecule has 0 amide bonds. The summed E-state index contributed by atoms with van der Waals surface area (Å²) in [5.74, 6) is 0.288. The minimum Gasteiger partial charge on any atom is -0.429 e. The van der Waals surface area contributed by atoms with Crippen LogP contribution in [0.1, 0.15) is 0 Å². The van der Waals surface area contributed by atoms with Crippen molar-refractivity contribution in [1.82, 2.24) is 4.98 Å². The van der Waals surface area contributed by atoms with Gasteiger partial charge in [0.25, 0.3) is 12.2 Å². The number of carbonyl (C=O) groups is 1. The summed E-state index contributed by atoms with van der Waals surface area (Å²) < 4.78 is 4.44. The van der Waals surface area contributed by atoms with Crippen molar-refractivity contribution >= 4 is 49.3 Å². The van der Waals surface area contributed by atoms with E-state index in [2.05, 4.69) is 30.4 Å². The van der Waals surface area contributed by atoms with Crippen molar-refractivity contribution in [2.24, 2.45) is 0 Å². The zero-order valence-corrected chi connectivity index (χ0v) is 12.9. The highest BCUT2D eigenvalue weighted by molar-refractivity contribution is 8.31. The quantitative estimate of drug-likeness (QED) is 0.294. The monoisotopic (exact) mass is 333 g/mol. The number of nitro benzene ring substituents is 1. The molecule has 20 heavy (non-hydrogen) atoms. The molecule has 2 N–H and O–H groups in total. The standard InChI is InChI=1S/C7H5NO4.C3H4N2S.H3PS/c9-5-12-7-3-1-6(2-4-7)8(10)11;4-3-5-1-2-6-3;1-2/h1-5H;1-2H,(H2,4,5);2H,1H2. The van der Waals surface area contributed by atoms with E-state index in [1.54, 1.807) is 6.20 Å². The van der Waals surface area contributed by atoms with Crippen LogP contribution in [0, 0.1) is 10.1 Å². The molecule has 0 fully saturated rings. The normalized spacial score (nSPS) is 8.30. The van der Waals surface area contributed by atoms with Gasteiger partial charge >= 0.3 is 0 Å². The molecule has 0 aliphatic carbocycles. The first-order chi connectivity index (χ1) is 9.63. The average molecular weight is 333 g/mol.